The molecule has 1 aromatic rings. The average Bonchev–Trinajstić information content (AvgIpc) is 2.56. The molecule has 0 spiro atoms. The normalized spacial score (nSPS) is 18.5. The Labute approximate surface area is 148 Å². The van der Waals surface area contributed by atoms with Crippen LogP contribution in [0.2, 0.25) is 0 Å². The van der Waals surface area contributed by atoms with Gasteiger partial charge in [0.2, 0.25) is 5.91 Å². The van der Waals surface area contributed by atoms with E-state index < -0.39 is 23.8 Å². The number of benzene rings is 1. The Kier molecular flexibility index (Phi) is 6.44. The third kappa shape index (κ3) is 4.32. The molecule has 1 unspecified atom stereocenters. The molecule has 1 aliphatic heterocycles. The molecule has 4 amide bonds. The summed E-state index contributed by atoms with van der Waals surface area (Å²) in [5, 5.41) is 2.27. The van der Waals surface area contributed by atoms with Gasteiger partial charge in [0.25, 0.3) is 5.91 Å². The van der Waals surface area contributed by atoms with Crippen LogP contribution in [0.25, 0.3) is 0 Å². The highest BCUT2D eigenvalue weighted by atomic mass is 16.2. The maximum Gasteiger partial charge on any atom is 0.335 e. The summed E-state index contributed by atoms with van der Waals surface area (Å²) in [5.74, 6) is -2.20. The zero-order valence-electron chi connectivity index (χ0n) is 15.0. The van der Waals surface area contributed by atoms with Gasteiger partial charge in [-0.2, -0.15) is 0 Å². The number of aryl methyl sites for hydroxylation is 1. The van der Waals surface area contributed by atoms with Gasteiger partial charge < -0.3 is 0 Å². The minimum Gasteiger partial charge on any atom is -0.293 e. The van der Waals surface area contributed by atoms with Gasteiger partial charge in [0, 0.05) is 12.3 Å². The lowest BCUT2D eigenvalue weighted by Gasteiger charge is -2.31. The molecular formula is C19H25N3O3. The molecule has 0 aromatic heterocycles. The topological polar surface area (TPSA) is 78.8 Å². The first-order valence-electron chi connectivity index (χ1n) is 8.72. The summed E-state index contributed by atoms with van der Waals surface area (Å²) in [7, 11) is 0. The molecule has 25 heavy (non-hydrogen) atoms. The summed E-state index contributed by atoms with van der Waals surface area (Å²) in [5.41, 5.74) is 1.72. The van der Waals surface area contributed by atoms with E-state index in [0.29, 0.717) is 17.9 Å². The molecule has 1 heterocycles. The number of rotatable bonds is 7. The third-order valence-electron chi connectivity index (χ3n) is 4.31. The largest absolute Gasteiger partial charge is 0.335 e. The Hall–Kier alpha value is -2.50. The van der Waals surface area contributed by atoms with E-state index in [1.165, 1.54) is 0 Å². The highest BCUT2D eigenvalue weighted by molar-refractivity contribution is 6.35. The maximum absolute atomic E-state index is 12.8. The third-order valence-corrected chi connectivity index (χ3v) is 4.31. The number of anilines is 1. The number of amides is 4. The van der Waals surface area contributed by atoms with Gasteiger partial charge in [0.1, 0.15) is 0 Å². The van der Waals surface area contributed by atoms with Crippen molar-refractivity contribution < 1.29 is 14.4 Å². The number of hydrogen-bond acceptors (Lipinski definition) is 4. The molecule has 0 aliphatic carbocycles. The van der Waals surface area contributed by atoms with Crippen molar-refractivity contribution in [3.63, 3.8) is 0 Å². The van der Waals surface area contributed by atoms with E-state index in [-0.39, 0.29) is 0 Å². The van der Waals surface area contributed by atoms with Crippen molar-refractivity contribution in [2.45, 2.75) is 46.5 Å². The number of nitrogens with zero attached hydrogens (tertiary/aromatic N) is 2. The number of aliphatic imine (C=N–C) groups is 1. The fourth-order valence-electron chi connectivity index (χ4n) is 2.87. The number of unbranched alkanes of at least 4 members (excludes halogenated alkanes) is 3. The van der Waals surface area contributed by atoms with E-state index in [0.717, 1.165) is 36.1 Å². The molecule has 0 bridgehead atoms. The van der Waals surface area contributed by atoms with E-state index in [2.05, 4.69) is 17.2 Å². The van der Waals surface area contributed by atoms with Gasteiger partial charge in [-0.25, -0.2) is 9.69 Å². The first kappa shape index (κ1) is 18.8. The lowest BCUT2D eigenvalue weighted by atomic mass is 9.98. The molecule has 134 valence electrons. The lowest BCUT2D eigenvalue weighted by molar-refractivity contribution is -0.131. The van der Waals surface area contributed by atoms with Crippen LogP contribution in [-0.2, 0) is 9.59 Å². The molecule has 1 N–H and O–H groups in total. The predicted molar refractivity (Wildman–Crippen MR) is 97.8 cm³/mol. The molecule has 6 heteroatoms. The van der Waals surface area contributed by atoms with Crippen LogP contribution in [0.3, 0.4) is 0 Å². The van der Waals surface area contributed by atoms with Crippen molar-refractivity contribution in [2.24, 2.45) is 10.9 Å². The number of carbonyl (C=O) groups is 3. The van der Waals surface area contributed by atoms with Crippen LogP contribution in [0.1, 0.15) is 45.1 Å². The average molecular weight is 343 g/mol. The molecule has 2 rings (SSSR count). The van der Waals surface area contributed by atoms with Crippen molar-refractivity contribution in [1.29, 1.82) is 0 Å². The Morgan fingerprint density at radius 1 is 1.16 bits per heavy atom. The Balaban J connectivity index is 2.20. The van der Waals surface area contributed by atoms with Crippen LogP contribution in [0.15, 0.2) is 29.3 Å². The molecule has 1 atom stereocenters. The van der Waals surface area contributed by atoms with Crippen molar-refractivity contribution >= 4 is 29.2 Å². The summed E-state index contributed by atoms with van der Waals surface area (Å²) in [4.78, 5) is 42.7. The van der Waals surface area contributed by atoms with Crippen LogP contribution >= 0.6 is 0 Å². The summed E-state index contributed by atoms with van der Waals surface area (Å²) in [6.45, 7) is 6.21. The van der Waals surface area contributed by atoms with Gasteiger partial charge in [0.05, 0.1) is 5.69 Å². The Bertz CT molecular complexity index is 697. The number of hydrogen-bond donors (Lipinski definition) is 1. The smallest absolute Gasteiger partial charge is 0.293 e. The zero-order valence-corrected chi connectivity index (χ0v) is 15.0. The second-order valence-electron chi connectivity index (χ2n) is 6.27. The van der Waals surface area contributed by atoms with Crippen molar-refractivity contribution in [1.82, 2.24) is 5.32 Å². The highest BCUT2D eigenvalue weighted by Crippen LogP contribution is 2.24. The summed E-state index contributed by atoms with van der Waals surface area (Å²) < 4.78 is 0. The second-order valence-corrected chi connectivity index (χ2v) is 6.27. The Morgan fingerprint density at radius 2 is 1.88 bits per heavy atom. The standard InChI is InChI=1S/C19H25N3O3/c1-4-5-6-9-12-20-14(3)16-17(23)21-19(25)22(18(16)24)15-11-8-7-10-13(15)2/h7-8,10-11,16H,4-6,9,12H2,1-3H3,(H,21,23,25). The minimum absolute atomic E-state index is 0.449. The number of carbonyl (C=O) groups excluding carboxylic acids is 3. The fourth-order valence-corrected chi connectivity index (χ4v) is 2.87. The molecule has 1 fully saturated rings. The monoisotopic (exact) mass is 343 g/mol. The van der Waals surface area contributed by atoms with Gasteiger partial charge in [-0.1, -0.05) is 44.4 Å². The van der Waals surface area contributed by atoms with Crippen molar-refractivity contribution in [3.8, 4) is 0 Å². The van der Waals surface area contributed by atoms with Gasteiger partial charge in [-0.05, 0) is 31.9 Å². The molecular weight excluding hydrogens is 318 g/mol. The van der Waals surface area contributed by atoms with Crippen LogP contribution in [0.5, 0.6) is 0 Å². The van der Waals surface area contributed by atoms with Crippen molar-refractivity contribution in [2.75, 3.05) is 11.4 Å². The number of para-hydroxylation sites is 1. The summed E-state index contributed by atoms with van der Waals surface area (Å²) in [6.07, 6.45) is 4.28. The molecule has 1 aromatic carbocycles. The van der Waals surface area contributed by atoms with Crippen LogP contribution in [0, 0.1) is 12.8 Å². The molecule has 1 aliphatic rings. The SMILES string of the molecule is CCCCCCN=C(C)C1C(=O)NC(=O)N(c2ccccc2C)C1=O. The molecule has 0 radical (unpaired) electrons. The van der Waals surface area contributed by atoms with Gasteiger partial charge in [0.15, 0.2) is 5.92 Å². The molecule has 1 saturated heterocycles. The minimum atomic E-state index is -1.05. The van der Waals surface area contributed by atoms with Crippen LogP contribution in [-0.4, -0.2) is 30.1 Å². The molecule has 0 saturated carbocycles. The second kappa shape index (κ2) is 8.55. The van der Waals surface area contributed by atoms with Crippen LogP contribution < -0.4 is 10.2 Å². The van der Waals surface area contributed by atoms with Gasteiger partial charge in [-0.15, -0.1) is 0 Å². The molecule has 6 nitrogen and oxygen atoms in total. The number of urea groups is 1. The quantitative estimate of drug-likeness (QED) is 0.469. The maximum atomic E-state index is 12.8. The summed E-state index contributed by atoms with van der Waals surface area (Å²) in [6, 6.07) is 6.38. The van der Waals surface area contributed by atoms with Gasteiger partial charge in [-0.3, -0.25) is 19.9 Å². The first-order chi connectivity index (χ1) is 12.0. The lowest BCUT2D eigenvalue weighted by Crippen LogP contribution is -2.60. The van der Waals surface area contributed by atoms with E-state index >= 15 is 0 Å². The van der Waals surface area contributed by atoms with E-state index in [1.54, 1.807) is 19.1 Å². The fraction of sp³-hybridized carbons (Fsp3) is 0.474. The predicted octanol–water partition coefficient (Wildman–Crippen LogP) is 3.24. The zero-order chi connectivity index (χ0) is 18.4. The first-order valence-corrected chi connectivity index (χ1v) is 8.72. The van der Waals surface area contributed by atoms with E-state index in [1.807, 2.05) is 19.1 Å². The Morgan fingerprint density at radius 3 is 2.56 bits per heavy atom. The van der Waals surface area contributed by atoms with E-state index in [9.17, 15) is 14.4 Å². The van der Waals surface area contributed by atoms with E-state index in [4.69, 9.17) is 0 Å². The summed E-state index contributed by atoms with van der Waals surface area (Å²) >= 11 is 0. The van der Waals surface area contributed by atoms with Crippen molar-refractivity contribution in [3.05, 3.63) is 29.8 Å². The van der Waals surface area contributed by atoms with Gasteiger partial charge >= 0.3 is 6.03 Å². The number of imide groups is 2. The number of barbiturate groups is 1. The number of nitrogens with one attached hydrogen (secondary N) is 1. The highest BCUT2D eigenvalue weighted by Gasteiger charge is 2.43. The van der Waals surface area contributed by atoms with Crippen LogP contribution in [0.4, 0.5) is 10.5 Å².